The Morgan fingerprint density at radius 2 is 1.88 bits per heavy atom. The minimum Gasteiger partial charge on any atom is -0.504 e. The maximum Gasteiger partial charge on any atom is 0.226 e. The number of phenols is 1. The summed E-state index contributed by atoms with van der Waals surface area (Å²) in [6.07, 6.45) is 1.19. The van der Waals surface area contributed by atoms with Crippen molar-refractivity contribution in [2.45, 2.75) is 26.1 Å². The Hall–Kier alpha value is -3.85. The molecule has 0 spiro atoms. The van der Waals surface area contributed by atoms with E-state index in [0.29, 0.717) is 53.9 Å². The SMILES string of the molecule is COc1cccc(CNc2nc(NCC(C)O)nc3c2ncn3Cc2ccccc2)c1O. The van der Waals surface area contributed by atoms with Gasteiger partial charge in [-0.25, -0.2) is 4.98 Å². The van der Waals surface area contributed by atoms with Crippen molar-refractivity contribution in [3.63, 3.8) is 0 Å². The first kappa shape index (κ1) is 21.4. The highest BCUT2D eigenvalue weighted by Crippen LogP contribution is 2.30. The van der Waals surface area contributed by atoms with Crippen LogP contribution in [0, 0.1) is 0 Å². The molecule has 0 saturated heterocycles. The number of aliphatic hydroxyl groups is 1. The van der Waals surface area contributed by atoms with Crippen LogP contribution in [-0.4, -0.2) is 49.5 Å². The lowest BCUT2D eigenvalue weighted by molar-refractivity contribution is 0.208. The van der Waals surface area contributed by atoms with E-state index in [4.69, 9.17) is 4.74 Å². The van der Waals surface area contributed by atoms with Crippen LogP contribution in [0.5, 0.6) is 11.5 Å². The van der Waals surface area contributed by atoms with E-state index in [1.54, 1.807) is 19.3 Å². The largest absolute Gasteiger partial charge is 0.504 e. The minimum atomic E-state index is -0.548. The Kier molecular flexibility index (Phi) is 6.37. The van der Waals surface area contributed by atoms with Crippen LogP contribution in [-0.2, 0) is 13.1 Å². The van der Waals surface area contributed by atoms with Gasteiger partial charge in [-0.1, -0.05) is 42.5 Å². The normalized spacial score (nSPS) is 12.0. The lowest BCUT2D eigenvalue weighted by Gasteiger charge is -2.13. The van der Waals surface area contributed by atoms with Crippen LogP contribution in [0.3, 0.4) is 0 Å². The summed E-state index contributed by atoms with van der Waals surface area (Å²) in [5, 5.41) is 26.4. The molecule has 0 bridgehead atoms. The molecule has 9 heteroatoms. The van der Waals surface area contributed by atoms with Crippen molar-refractivity contribution >= 4 is 22.9 Å². The maximum atomic E-state index is 10.4. The number of methoxy groups -OCH3 is 1. The van der Waals surface area contributed by atoms with Gasteiger partial charge < -0.3 is 30.2 Å². The zero-order valence-corrected chi connectivity index (χ0v) is 18.0. The molecule has 166 valence electrons. The number of nitrogens with one attached hydrogen (secondary N) is 2. The van der Waals surface area contributed by atoms with Gasteiger partial charge in [0, 0.05) is 18.7 Å². The molecular weight excluding hydrogens is 408 g/mol. The fourth-order valence-corrected chi connectivity index (χ4v) is 3.34. The van der Waals surface area contributed by atoms with Gasteiger partial charge in [0.1, 0.15) is 0 Å². The third-order valence-corrected chi connectivity index (χ3v) is 4.96. The molecule has 9 nitrogen and oxygen atoms in total. The molecule has 1 unspecified atom stereocenters. The molecule has 0 fully saturated rings. The van der Waals surface area contributed by atoms with Crippen LogP contribution in [0.2, 0.25) is 0 Å². The van der Waals surface area contributed by atoms with Gasteiger partial charge in [0.15, 0.2) is 28.5 Å². The molecule has 2 heterocycles. The Bertz CT molecular complexity index is 1190. The van der Waals surface area contributed by atoms with E-state index in [2.05, 4.69) is 25.6 Å². The van der Waals surface area contributed by atoms with Crippen molar-refractivity contribution in [1.82, 2.24) is 19.5 Å². The second-order valence-corrected chi connectivity index (χ2v) is 7.48. The van der Waals surface area contributed by atoms with Gasteiger partial charge in [-0.15, -0.1) is 0 Å². The Balaban J connectivity index is 1.67. The van der Waals surface area contributed by atoms with Crippen LogP contribution in [0.4, 0.5) is 11.8 Å². The average Bonchev–Trinajstić information content (AvgIpc) is 3.20. The molecule has 2 aromatic carbocycles. The van der Waals surface area contributed by atoms with Crippen molar-refractivity contribution in [3.8, 4) is 11.5 Å². The number of rotatable bonds is 9. The zero-order valence-electron chi connectivity index (χ0n) is 18.0. The standard InChI is InChI=1S/C23H26N6O3/c1-15(30)11-25-23-27-21(24-12-17-9-6-10-18(32-2)20(17)31)19-22(28-23)29(14-26-19)13-16-7-4-3-5-8-16/h3-10,14-15,30-31H,11-13H2,1-2H3,(H2,24,25,27,28). The van der Waals surface area contributed by atoms with Gasteiger partial charge in [-0.05, 0) is 18.6 Å². The van der Waals surface area contributed by atoms with E-state index in [1.165, 1.54) is 7.11 Å². The predicted molar refractivity (Wildman–Crippen MR) is 123 cm³/mol. The zero-order chi connectivity index (χ0) is 22.5. The number of anilines is 2. The Morgan fingerprint density at radius 1 is 1.06 bits per heavy atom. The summed E-state index contributed by atoms with van der Waals surface area (Å²) in [7, 11) is 1.51. The molecule has 32 heavy (non-hydrogen) atoms. The highest BCUT2D eigenvalue weighted by molar-refractivity contribution is 5.84. The predicted octanol–water partition coefficient (Wildman–Crippen LogP) is 2.99. The van der Waals surface area contributed by atoms with Crippen molar-refractivity contribution in [2.75, 3.05) is 24.3 Å². The number of aromatic nitrogens is 4. The number of hydrogen-bond acceptors (Lipinski definition) is 8. The summed E-state index contributed by atoms with van der Waals surface area (Å²) in [5.41, 5.74) is 3.07. The number of para-hydroxylation sites is 1. The number of fused-ring (bicyclic) bond motifs is 1. The third kappa shape index (κ3) is 4.73. The van der Waals surface area contributed by atoms with E-state index in [9.17, 15) is 10.2 Å². The fraction of sp³-hybridized carbons (Fsp3) is 0.261. The number of hydrogen-bond donors (Lipinski definition) is 4. The van der Waals surface area contributed by atoms with E-state index < -0.39 is 6.10 Å². The first-order chi connectivity index (χ1) is 15.5. The number of benzene rings is 2. The molecule has 4 N–H and O–H groups in total. The summed E-state index contributed by atoms with van der Waals surface area (Å²) in [4.78, 5) is 13.7. The molecule has 0 radical (unpaired) electrons. The number of ether oxygens (including phenoxy) is 1. The van der Waals surface area contributed by atoms with Crippen LogP contribution < -0.4 is 15.4 Å². The van der Waals surface area contributed by atoms with Crippen molar-refractivity contribution in [3.05, 3.63) is 66.0 Å². The lowest BCUT2D eigenvalue weighted by atomic mass is 10.2. The van der Waals surface area contributed by atoms with Gasteiger partial charge in [0.2, 0.25) is 5.95 Å². The van der Waals surface area contributed by atoms with Gasteiger partial charge in [0.25, 0.3) is 0 Å². The molecule has 2 aromatic heterocycles. The van der Waals surface area contributed by atoms with Gasteiger partial charge >= 0.3 is 0 Å². The molecule has 0 aliphatic carbocycles. The first-order valence-corrected chi connectivity index (χ1v) is 10.3. The van der Waals surface area contributed by atoms with Crippen LogP contribution in [0.25, 0.3) is 11.2 Å². The summed E-state index contributed by atoms with van der Waals surface area (Å²) >= 11 is 0. The van der Waals surface area contributed by atoms with Crippen molar-refractivity contribution in [1.29, 1.82) is 0 Å². The van der Waals surface area contributed by atoms with Gasteiger partial charge in [-0.3, -0.25) is 0 Å². The monoisotopic (exact) mass is 434 g/mol. The summed E-state index contributed by atoms with van der Waals surface area (Å²) < 4.78 is 7.14. The second kappa shape index (κ2) is 9.52. The second-order valence-electron chi connectivity index (χ2n) is 7.48. The minimum absolute atomic E-state index is 0.0786. The fourth-order valence-electron chi connectivity index (χ4n) is 3.34. The quantitative estimate of drug-likeness (QED) is 0.318. The molecule has 0 amide bonds. The highest BCUT2D eigenvalue weighted by Gasteiger charge is 2.15. The molecule has 1 atom stereocenters. The van der Waals surface area contributed by atoms with E-state index >= 15 is 0 Å². The lowest BCUT2D eigenvalue weighted by Crippen LogP contribution is -2.17. The summed E-state index contributed by atoms with van der Waals surface area (Å²) in [5.74, 6) is 1.39. The Morgan fingerprint density at radius 3 is 2.62 bits per heavy atom. The molecule has 0 aliphatic rings. The van der Waals surface area contributed by atoms with E-state index in [0.717, 1.165) is 5.56 Å². The summed E-state index contributed by atoms with van der Waals surface area (Å²) in [6.45, 7) is 2.93. The van der Waals surface area contributed by atoms with Gasteiger partial charge in [-0.2, -0.15) is 9.97 Å². The van der Waals surface area contributed by atoms with Crippen LogP contribution in [0.15, 0.2) is 54.9 Å². The topological polar surface area (TPSA) is 117 Å². The molecule has 0 saturated carbocycles. The molecular formula is C23H26N6O3. The molecule has 4 aromatic rings. The van der Waals surface area contributed by atoms with Crippen molar-refractivity contribution < 1.29 is 14.9 Å². The number of phenolic OH excluding ortho intramolecular Hbond substituents is 1. The number of aromatic hydroxyl groups is 1. The number of aliphatic hydroxyl groups excluding tert-OH is 1. The van der Waals surface area contributed by atoms with Crippen LogP contribution in [0.1, 0.15) is 18.1 Å². The third-order valence-electron chi connectivity index (χ3n) is 4.96. The molecule has 0 aliphatic heterocycles. The van der Waals surface area contributed by atoms with Crippen LogP contribution >= 0.6 is 0 Å². The average molecular weight is 435 g/mol. The van der Waals surface area contributed by atoms with E-state index in [-0.39, 0.29) is 5.75 Å². The van der Waals surface area contributed by atoms with Gasteiger partial charge in [0.05, 0.1) is 26.1 Å². The highest BCUT2D eigenvalue weighted by atomic mass is 16.5. The smallest absolute Gasteiger partial charge is 0.226 e. The number of imidazole rings is 1. The summed E-state index contributed by atoms with van der Waals surface area (Å²) in [6, 6.07) is 15.4. The first-order valence-electron chi connectivity index (χ1n) is 10.3. The molecule has 4 rings (SSSR count). The van der Waals surface area contributed by atoms with Crippen molar-refractivity contribution in [2.24, 2.45) is 0 Å². The number of nitrogens with zero attached hydrogens (tertiary/aromatic N) is 4. The van der Waals surface area contributed by atoms with E-state index in [1.807, 2.05) is 47.0 Å². The maximum absolute atomic E-state index is 10.4. The Labute approximate surface area is 185 Å².